The zero-order chi connectivity index (χ0) is 14.4. The summed E-state index contributed by atoms with van der Waals surface area (Å²) in [4.78, 5) is 11.4. The second-order valence-electron chi connectivity index (χ2n) is 3.93. The second kappa shape index (κ2) is 7.34. The van der Waals surface area contributed by atoms with Gasteiger partial charge in [0.25, 0.3) is 0 Å². The van der Waals surface area contributed by atoms with Crippen LogP contribution >= 0.6 is 0 Å². The maximum atomic E-state index is 11.4. The quantitative estimate of drug-likeness (QED) is 0.514. The third-order valence-corrected chi connectivity index (χ3v) is 3.09. The molecule has 0 amide bonds. The third-order valence-electron chi connectivity index (χ3n) is 2.51. The molecule has 0 saturated carbocycles. The Labute approximate surface area is 113 Å². The van der Waals surface area contributed by atoms with Gasteiger partial charge in [0.15, 0.2) is 11.1 Å². The van der Waals surface area contributed by atoms with Gasteiger partial charge in [0.2, 0.25) is 0 Å². The monoisotopic (exact) mass is 287 g/mol. The average molecular weight is 287 g/mol. The van der Waals surface area contributed by atoms with E-state index in [9.17, 15) is 14.1 Å². The predicted molar refractivity (Wildman–Crippen MR) is 70.5 cm³/mol. The minimum absolute atomic E-state index is 0.0142. The summed E-state index contributed by atoms with van der Waals surface area (Å²) < 4.78 is 24.1. The van der Waals surface area contributed by atoms with Crippen molar-refractivity contribution in [2.75, 3.05) is 6.61 Å². The van der Waals surface area contributed by atoms with Gasteiger partial charge in [0.1, 0.15) is 12.1 Å². The lowest BCUT2D eigenvalue weighted by Gasteiger charge is -2.17. The number of rotatable bonds is 6. The zero-order valence-corrected chi connectivity index (χ0v) is 11.3. The molecular weight excluding hydrogens is 270 g/mol. The number of ether oxygens (including phenoxy) is 1. The lowest BCUT2D eigenvalue weighted by Crippen LogP contribution is -2.38. The Morgan fingerprint density at radius 2 is 2.00 bits per heavy atom. The van der Waals surface area contributed by atoms with Crippen molar-refractivity contribution < 1.29 is 23.4 Å². The zero-order valence-electron chi connectivity index (χ0n) is 10.5. The van der Waals surface area contributed by atoms with Crippen LogP contribution in [0.5, 0.6) is 0 Å². The lowest BCUT2D eigenvalue weighted by molar-refractivity contribution is -0.147. The van der Waals surface area contributed by atoms with Crippen LogP contribution in [0.2, 0.25) is 0 Å². The molecule has 19 heavy (non-hydrogen) atoms. The second-order valence-corrected chi connectivity index (χ2v) is 4.86. The molecule has 1 aromatic carbocycles. The first-order valence-corrected chi connectivity index (χ1v) is 6.99. The van der Waals surface area contributed by atoms with Crippen molar-refractivity contribution in [1.29, 1.82) is 0 Å². The molecule has 0 spiro atoms. The van der Waals surface area contributed by atoms with Crippen LogP contribution in [0.4, 0.5) is 0 Å². The lowest BCUT2D eigenvalue weighted by atomic mass is 10.0. The van der Waals surface area contributed by atoms with Gasteiger partial charge in [-0.15, -0.1) is 0 Å². The summed E-state index contributed by atoms with van der Waals surface area (Å²) in [5, 5.41) is 9.92. The van der Waals surface area contributed by atoms with Crippen molar-refractivity contribution >= 4 is 17.0 Å². The van der Waals surface area contributed by atoms with E-state index in [1.54, 1.807) is 31.2 Å². The maximum absolute atomic E-state index is 11.4. The summed E-state index contributed by atoms with van der Waals surface area (Å²) >= 11 is -1.91. The number of carbonyl (C=O) groups excluding carboxylic acids is 1. The van der Waals surface area contributed by atoms with Crippen LogP contribution in [0, 0.1) is 0 Å². The van der Waals surface area contributed by atoms with Crippen molar-refractivity contribution in [3.8, 4) is 0 Å². The number of aliphatic hydroxyl groups excluding tert-OH is 1. The highest BCUT2D eigenvalue weighted by molar-refractivity contribution is 7.78. The van der Waals surface area contributed by atoms with Crippen LogP contribution in [0.1, 0.15) is 24.2 Å². The molecule has 6 nitrogen and oxygen atoms in total. The van der Waals surface area contributed by atoms with E-state index >= 15 is 0 Å². The van der Waals surface area contributed by atoms with Gasteiger partial charge in [0, 0.05) is 0 Å². The summed E-state index contributed by atoms with van der Waals surface area (Å²) in [7, 11) is 0. The first kappa shape index (κ1) is 15.8. The normalized spacial score (nSPS) is 15.6. The van der Waals surface area contributed by atoms with Crippen molar-refractivity contribution in [2.45, 2.75) is 24.8 Å². The van der Waals surface area contributed by atoms with E-state index in [0.717, 1.165) is 0 Å². The number of hydrogen-bond donors (Lipinski definition) is 3. The Morgan fingerprint density at radius 3 is 2.47 bits per heavy atom. The Bertz CT molecular complexity index is 448. The molecule has 0 radical (unpaired) electrons. The molecule has 106 valence electrons. The molecule has 0 saturated heterocycles. The van der Waals surface area contributed by atoms with Crippen LogP contribution in [0.15, 0.2) is 24.3 Å². The molecule has 4 N–H and O–H groups in total. The molecule has 1 aromatic rings. The summed E-state index contributed by atoms with van der Waals surface area (Å²) in [5.74, 6) is -0.657. The van der Waals surface area contributed by atoms with Crippen molar-refractivity contribution in [2.24, 2.45) is 5.73 Å². The molecule has 7 heteroatoms. The molecule has 0 aliphatic rings. The Hall–Kier alpha value is -1.28. The van der Waals surface area contributed by atoms with Crippen molar-refractivity contribution in [3.63, 3.8) is 0 Å². The number of benzene rings is 1. The van der Waals surface area contributed by atoms with Gasteiger partial charge in [0.05, 0.1) is 12.4 Å². The molecule has 0 bridgehead atoms. The van der Waals surface area contributed by atoms with E-state index < -0.39 is 29.2 Å². The van der Waals surface area contributed by atoms with Crippen molar-refractivity contribution in [3.05, 3.63) is 35.4 Å². The van der Waals surface area contributed by atoms with Gasteiger partial charge >= 0.3 is 5.97 Å². The summed E-state index contributed by atoms with van der Waals surface area (Å²) in [6.07, 6.45) is -1.17. The first-order chi connectivity index (χ1) is 8.95. The average Bonchev–Trinajstić information content (AvgIpc) is 2.37. The largest absolute Gasteiger partial charge is 0.465 e. The number of carbonyl (C=O) groups is 1. The van der Waals surface area contributed by atoms with Gasteiger partial charge in [-0.05, 0) is 18.1 Å². The van der Waals surface area contributed by atoms with Crippen LogP contribution in [-0.4, -0.2) is 32.5 Å². The number of aliphatic hydroxyl groups is 1. The van der Waals surface area contributed by atoms with Gasteiger partial charge in [-0.2, -0.15) is 0 Å². The molecule has 0 heterocycles. The fourth-order valence-electron chi connectivity index (χ4n) is 1.53. The topological polar surface area (TPSA) is 110 Å². The standard InChI is InChI=1S/C12H17NO5S/c1-2-18-12(15)10(13)11(14)9-5-3-8(4-6-9)7-19(16)17/h3-6,10-11,14H,2,7,13H2,1H3,(H,16,17). The summed E-state index contributed by atoms with van der Waals surface area (Å²) in [6.45, 7) is 1.85. The molecule has 0 aliphatic heterocycles. The Balaban J connectivity index is 2.74. The molecular formula is C12H17NO5S. The van der Waals surface area contributed by atoms with Crippen LogP contribution in [0.25, 0.3) is 0 Å². The fourth-order valence-corrected chi connectivity index (χ4v) is 2.01. The highest BCUT2D eigenvalue weighted by atomic mass is 32.2. The minimum Gasteiger partial charge on any atom is -0.465 e. The van der Waals surface area contributed by atoms with Crippen molar-refractivity contribution in [1.82, 2.24) is 0 Å². The maximum Gasteiger partial charge on any atom is 0.325 e. The third kappa shape index (κ3) is 4.71. The van der Waals surface area contributed by atoms with E-state index in [1.807, 2.05) is 0 Å². The van der Waals surface area contributed by atoms with Crippen LogP contribution < -0.4 is 5.73 Å². The van der Waals surface area contributed by atoms with Gasteiger partial charge in [-0.25, -0.2) is 4.21 Å². The highest BCUT2D eigenvalue weighted by Crippen LogP contribution is 2.17. The molecule has 3 unspecified atom stereocenters. The van der Waals surface area contributed by atoms with E-state index in [0.29, 0.717) is 11.1 Å². The molecule has 1 rings (SSSR count). The number of hydrogen-bond acceptors (Lipinski definition) is 5. The van der Waals surface area contributed by atoms with Crippen LogP contribution in [-0.2, 0) is 26.4 Å². The molecule has 0 aromatic heterocycles. The van der Waals surface area contributed by atoms with Crippen LogP contribution in [0.3, 0.4) is 0 Å². The molecule has 0 aliphatic carbocycles. The SMILES string of the molecule is CCOC(=O)C(N)C(O)c1ccc(CS(=O)O)cc1. The van der Waals surface area contributed by atoms with Gasteiger partial charge < -0.3 is 20.1 Å². The minimum atomic E-state index is -1.91. The Kier molecular flexibility index (Phi) is 6.10. The van der Waals surface area contributed by atoms with Gasteiger partial charge in [-0.1, -0.05) is 24.3 Å². The van der Waals surface area contributed by atoms with E-state index in [4.69, 9.17) is 15.0 Å². The predicted octanol–water partition coefficient (Wildman–Crippen LogP) is 0.332. The van der Waals surface area contributed by atoms with Gasteiger partial charge in [-0.3, -0.25) is 4.79 Å². The Morgan fingerprint density at radius 1 is 1.42 bits per heavy atom. The molecule has 0 fully saturated rings. The summed E-state index contributed by atoms with van der Waals surface area (Å²) in [5.41, 5.74) is 6.69. The first-order valence-electron chi connectivity index (χ1n) is 5.72. The number of esters is 1. The number of nitrogens with two attached hydrogens (primary N) is 1. The van der Waals surface area contributed by atoms with E-state index in [-0.39, 0.29) is 12.4 Å². The van der Waals surface area contributed by atoms with E-state index in [1.165, 1.54) is 0 Å². The smallest absolute Gasteiger partial charge is 0.325 e. The van der Waals surface area contributed by atoms with E-state index in [2.05, 4.69) is 0 Å². The fraction of sp³-hybridized carbons (Fsp3) is 0.417. The molecule has 3 atom stereocenters. The summed E-state index contributed by atoms with van der Waals surface area (Å²) in [6, 6.07) is 5.17. The highest BCUT2D eigenvalue weighted by Gasteiger charge is 2.25.